The Balaban J connectivity index is 2.16. The second kappa shape index (κ2) is 10.2. The summed E-state index contributed by atoms with van der Waals surface area (Å²) in [5.74, 6) is 1.68. The molecule has 0 saturated carbocycles. The van der Waals surface area contributed by atoms with E-state index >= 15 is 0 Å². The molecule has 0 heterocycles. The van der Waals surface area contributed by atoms with Gasteiger partial charge in [0.1, 0.15) is 6.04 Å². The molecule has 0 aliphatic heterocycles. The number of carbonyl (C=O) groups excluding carboxylic acids is 1. The summed E-state index contributed by atoms with van der Waals surface area (Å²) in [6.07, 6.45) is 0.580. The number of hydrogen-bond donors (Lipinski definition) is 1. The van der Waals surface area contributed by atoms with Crippen molar-refractivity contribution in [2.24, 2.45) is 5.73 Å². The summed E-state index contributed by atoms with van der Waals surface area (Å²) >= 11 is 13.6. The number of thioether (sulfide) groups is 1. The molecule has 2 N–H and O–H groups in total. The quantitative estimate of drug-likeness (QED) is 0.545. The van der Waals surface area contributed by atoms with Crippen molar-refractivity contribution in [3.8, 4) is 5.75 Å². The van der Waals surface area contributed by atoms with E-state index in [1.807, 2.05) is 0 Å². The van der Waals surface area contributed by atoms with Gasteiger partial charge in [-0.05, 0) is 31.2 Å². The lowest BCUT2D eigenvalue weighted by atomic mass is 10.2. The molecule has 0 aromatic heterocycles. The molecule has 118 valence electrons. The van der Waals surface area contributed by atoms with E-state index in [0.29, 0.717) is 35.4 Å². The highest BCUT2D eigenvalue weighted by atomic mass is 35.5. The van der Waals surface area contributed by atoms with Crippen molar-refractivity contribution in [3.05, 3.63) is 28.2 Å². The van der Waals surface area contributed by atoms with Gasteiger partial charge in [-0.15, -0.1) is 0 Å². The van der Waals surface area contributed by atoms with Crippen LogP contribution in [-0.2, 0) is 9.53 Å². The highest BCUT2D eigenvalue weighted by molar-refractivity contribution is 7.99. The summed E-state index contributed by atoms with van der Waals surface area (Å²) in [4.78, 5) is 11.3. The molecule has 0 amide bonds. The van der Waals surface area contributed by atoms with Crippen molar-refractivity contribution in [2.75, 3.05) is 24.7 Å². The zero-order chi connectivity index (χ0) is 15.7. The first-order chi connectivity index (χ1) is 10.1. The van der Waals surface area contributed by atoms with Gasteiger partial charge in [-0.3, -0.25) is 4.79 Å². The molecule has 0 spiro atoms. The van der Waals surface area contributed by atoms with Gasteiger partial charge in [-0.1, -0.05) is 29.3 Å². The molecule has 0 aliphatic carbocycles. The number of rotatable bonds is 9. The fraction of sp³-hybridized carbons (Fsp3) is 0.500. The number of nitrogens with two attached hydrogens (primary N) is 1. The molecule has 1 aromatic carbocycles. The van der Waals surface area contributed by atoms with Crippen LogP contribution >= 0.6 is 35.0 Å². The van der Waals surface area contributed by atoms with Gasteiger partial charge in [0.25, 0.3) is 0 Å². The molecule has 1 rings (SSSR count). The second-order valence-electron chi connectivity index (χ2n) is 4.16. The average molecular weight is 352 g/mol. The Morgan fingerprint density at radius 3 is 2.62 bits per heavy atom. The van der Waals surface area contributed by atoms with Crippen LogP contribution < -0.4 is 10.5 Å². The molecule has 21 heavy (non-hydrogen) atoms. The number of hydrogen-bond acceptors (Lipinski definition) is 5. The van der Waals surface area contributed by atoms with Gasteiger partial charge >= 0.3 is 5.97 Å². The van der Waals surface area contributed by atoms with Gasteiger partial charge in [0.15, 0.2) is 5.75 Å². The summed E-state index contributed by atoms with van der Waals surface area (Å²) < 4.78 is 10.4. The Morgan fingerprint density at radius 2 is 2.00 bits per heavy atom. The number of carbonyl (C=O) groups is 1. The van der Waals surface area contributed by atoms with Crippen LogP contribution in [0.15, 0.2) is 18.2 Å². The Hall–Kier alpha value is -0.620. The van der Waals surface area contributed by atoms with Crippen LogP contribution in [0, 0.1) is 0 Å². The predicted molar refractivity (Wildman–Crippen MR) is 88.5 cm³/mol. The largest absolute Gasteiger partial charge is 0.490 e. The Bertz CT molecular complexity index is 440. The summed E-state index contributed by atoms with van der Waals surface area (Å²) in [5, 5.41) is 0.994. The summed E-state index contributed by atoms with van der Waals surface area (Å²) in [7, 11) is 0. The number of halogens is 2. The number of ether oxygens (including phenoxy) is 2. The maximum Gasteiger partial charge on any atom is 0.322 e. The molecular formula is C14H19Cl2NO3S. The first-order valence-corrected chi connectivity index (χ1v) is 8.54. The monoisotopic (exact) mass is 351 g/mol. The van der Waals surface area contributed by atoms with Gasteiger partial charge in [0.2, 0.25) is 0 Å². The van der Waals surface area contributed by atoms with Crippen LogP contribution in [0.2, 0.25) is 10.0 Å². The maximum absolute atomic E-state index is 11.3. The highest BCUT2D eigenvalue weighted by Crippen LogP contribution is 2.32. The molecule has 0 radical (unpaired) electrons. The van der Waals surface area contributed by atoms with Crippen LogP contribution in [0.5, 0.6) is 5.75 Å². The van der Waals surface area contributed by atoms with Crippen LogP contribution in [0.1, 0.15) is 13.3 Å². The maximum atomic E-state index is 11.3. The average Bonchev–Trinajstić information content (AvgIpc) is 2.45. The molecule has 0 saturated heterocycles. The van der Waals surface area contributed by atoms with E-state index < -0.39 is 6.04 Å². The van der Waals surface area contributed by atoms with Gasteiger partial charge in [-0.25, -0.2) is 0 Å². The third-order valence-corrected chi connectivity index (χ3v) is 4.13. The lowest BCUT2D eigenvalue weighted by molar-refractivity contribution is -0.144. The second-order valence-corrected chi connectivity index (χ2v) is 6.20. The van der Waals surface area contributed by atoms with E-state index in [0.717, 1.165) is 11.5 Å². The normalized spacial score (nSPS) is 12.0. The van der Waals surface area contributed by atoms with Crippen molar-refractivity contribution in [1.82, 2.24) is 0 Å². The van der Waals surface area contributed by atoms with E-state index in [2.05, 4.69) is 0 Å². The zero-order valence-corrected chi connectivity index (χ0v) is 14.1. The van der Waals surface area contributed by atoms with Gasteiger partial charge in [0.05, 0.1) is 23.3 Å². The van der Waals surface area contributed by atoms with Crippen LogP contribution in [0.25, 0.3) is 0 Å². The summed E-state index contributed by atoms with van der Waals surface area (Å²) in [6.45, 7) is 2.60. The van der Waals surface area contributed by atoms with Gasteiger partial charge in [-0.2, -0.15) is 11.8 Å². The third kappa shape index (κ3) is 6.78. The van der Waals surface area contributed by atoms with Gasteiger partial charge in [0, 0.05) is 5.75 Å². The predicted octanol–water partition coefficient (Wildman–Crippen LogP) is 3.39. The number of esters is 1. The van der Waals surface area contributed by atoms with Crippen molar-refractivity contribution in [2.45, 2.75) is 19.4 Å². The van der Waals surface area contributed by atoms with Crippen molar-refractivity contribution in [3.63, 3.8) is 0 Å². The standard InChI is InChI=1S/C14H19Cl2NO3S/c1-2-19-14(18)12(17)6-8-21-9-7-20-13-10(15)4-3-5-11(13)16/h3-5,12H,2,6-9,17H2,1H3. The van der Waals surface area contributed by atoms with Crippen LogP contribution in [-0.4, -0.2) is 36.7 Å². The molecule has 4 nitrogen and oxygen atoms in total. The SMILES string of the molecule is CCOC(=O)C(N)CCSCCOc1c(Cl)cccc1Cl. The third-order valence-electron chi connectivity index (χ3n) is 2.56. The molecule has 1 aromatic rings. The number of benzene rings is 1. The lowest BCUT2D eigenvalue weighted by Gasteiger charge is -2.11. The topological polar surface area (TPSA) is 61.5 Å². The molecule has 0 aliphatic rings. The fourth-order valence-electron chi connectivity index (χ4n) is 1.50. The van der Waals surface area contributed by atoms with E-state index in [1.54, 1.807) is 36.9 Å². The van der Waals surface area contributed by atoms with Crippen LogP contribution in [0.4, 0.5) is 0 Å². The molecule has 1 atom stereocenters. The first-order valence-electron chi connectivity index (χ1n) is 6.63. The van der Waals surface area contributed by atoms with E-state index in [1.165, 1.54) is 0 Å². The fourth-order valence-corrected chi connectivity index (χ4v) is 2.84. The Kier molecular flexibility index (Phi) is 8.92. The molecule has 1 unspecified atom stereocenters. The van der Waals surface area contributed by atoms with Crippen molar-refractivity contribution in [1.29, 1.82) is 0 Å². The van der Waals surface area contributed by atoms with Crippen molar-refractivity contribution >= 4 is 40.9 Å². The molecule has 0 fully saturated rings. The van der Waals surface area contributed by atoms with Gasteiger partial charge < -0.3 is 15.2 Å². The molecule has 7 heteroatoms. The van der Waals surface area contributed by atoms with Crippen molar-refractivity contribution < 1.29 is 14.3 Å². The Labute approximate surface area is 139 Å². The minimum atomic E-state index is -0.559. The minimum absolute atomic E-state index is 0.350. The summed E-state index contributed by atoms with van der Waals surface area (Å²) in [6, 6.07) is 4.67. The zero-order valence-electron chi connectivity index (χ0n) is 11.8. The summed E-state index contributed by atoms with van der Waals surface area (Å²) in [5.41, 5.74) is 5.69. The van der Waals surface area contributed by atoms with E-state index in [4.69, 9.17) is 38.4 Å². The number of para-hydroxylation sites is 1. The lowest BCUT2D eigenvalue weighted by Crippen LogP contribution is -2.32. The molecular weight excluding hydrogens is 333 g/mol. The Morgan fingerprint density at radius 1 is 1.33 bits per heavy atom. The van der Waals surface area contributed by atoms with E-state index in [-0.39, 0.29) is 5.97 Å². The first kappa shape index (κ1) is 18.4. The van der Waals surface area contributed by atoms with Crippen LogP contribution in [0.3, 0.4) is 0 Å². The highest BCUT2D eigenvalue weighted by Gasteiger charge is 2.13. The minimum Gasteiger partial charge on any atom is -0.490 e. The molecule has 0 bridgehead atoms. The van der Waals surface area contributed by atoms with E-state index in [9.17, 15) is 4.79 Å². The smallest absolute Gasteiger partial charge is 0.322 e.